The molecular formula is C32H22O5. The van der Waals surface area contributed by atoms with E-state index in [9.17, 15) is 14.7 Å². The number of aromatic hydroxyl groups is 1. The number of aryl methyl sites for hydroxylation is 2. The van der Waals surface area contributed by atoms with Gasteiger partial charge in [0.1, 0.15) is 16.9 Å². The SMILES string of the molecule is Cc1ccc(C(=O)c2oc3c(ccc4oc(C(=O)c5ccc(O)cc5)c(-c5ccccc5)c43)c2C)cc1. The van der Waals surface area contributed by atoms with Gasteiger partial charge < -0.3 is 13.9 Å². The fraction of sp³-hybridized carbons (Fsp3) is 0.0625. The van der Waals surface area contributed by atoms with E-state index in [2.05, 4.69) is 0 Å². The third-order valence-corrected chi connectivity index (χ3v) is 6.68. The number of hydrogen-bond donors (Lipinski definition) is 1. The molecule has 4 aromatic carbocycles. The van der Waals surface area contributed by atoms with Crippen LogP contribution in [0.3, 0.4) is 0 Å². The maximum atomic E-state index is 13.6. The van der Waals surface area contributed by atoms with Gasteiger partial charge >= 0.3 is 0 Å². The molecule has 0 saturated carbocycles. The number of benzene rings is 4. The van der Waals surface area contributed by atoms with Crippen LogP contribution in [-0.2, 0) is 0 Å². The van der Waals surface area contributed by atoms with Crippen LogP contribution in [0.5, 0.6) is 5.75 Å². The highest BCUT2D eigenvalue weighted by Crippen LogP contribution is 2.42. The zero-order chi connectivity index (χ0) is 25.7. The summed E-state index contributed by atoms with van der Waals surface area (Å²) in [4.78, 5) is 27.0. The lowest BCUT2D eigenvalue weighted by molar-refractivity contribution is 0.100. The van der Waals surface area contributed by atoms with Gasteiger partial charge in [0, 0.05) is 27.6 Å². The second-order valence-electron chi connectivity index (χ2n) is 9.11. The van der Waals surface area contributed by atoms with E-state index < -0.39 is 0 Å². The molecule has 0 atom stereocenters. The number of furan rings is 2. The van der Waals surface area contributed by atoms with E-state index in [1.165, 1.54) is 12.1 Å². The van der Waals surface area contributed by atoms with Crippen molar-refractivity contribution in [2.75, 3.05) is 0 Å². The van der Waals surface area contributed by atoms with E-state index in [4.69, 9.17) is 8.83 Å². The number of carbonyl (C=O) groups excluding carboxylic acids is 2. The van der Waals surface area contributed by atoms with Gasteiger partial charge in [0.15, 0.2) is 11.5 Å². The third kappa shape index (κ3) is 3.72. The van der Waals surface area contributed by atoms with Gasteiger partial charge in [-0.2, -0.15) is 0 Å². The van der Waals surface area contributed by atoms with E-state index >= 15 is 0 Å². The predicted molar refractivity (Wildman–Crippen MR) is 142 cm³/mol. The predicted octanol–water partition coefficient (Wildman–Crippen LogP) is 7.63. The number of ketones is 2. The first-order valence-corrected chi connectivity index (χ1v) is 11.9. The highest BCUT2D eigenvalue weighted by atomic mass is 16.4. The van der Waals surface area contributed by atoms with Crippen molar-refractivity contribution in [1.29, 1.82) is 0 Å². The van der Waals surface area contributed by atoms with Crippen LogP contribution in [0.2, 0.25) is 0 Å². The molecule has 0 radical (unpaired) electrons. The molecule has 0 unspecified atom stereocenters. The zero-order valence-corrected chi connectivity index (χ0v) is 20.2. The molecule has 0 fully saturated rings. The van der Waals surface area contributed by atoms with E-state index in [1.54, 1.807) is 30.3 Å². The Bertz CT molecular complexity index is 1800. The number of rotatable bonds is 5. The van der Waals surface area contributed by atoms with E-state index in [1.807, 2.05) is 62.4 Å². The molecule has 5 heteroatoms. The first-order chi connectivity index (χ1) is 17.9. The topological polar surface area (TPSA) is 80.7 Å². The van der Waals surface area contributed by atoms with Gasteiger partial charge in [-0.15, -0.1) is 0 Å². The van der Waals surface area contributed by atoms with Crippen molar-refractivity contribution < 1.29 is 23.5 Å². The van der Waals surface area contributed by atoms with Gasteiger partial charge in [0.2, 0.25) is 11.6 Å². The summed E-state index contributed by atoms with van der Waals surface area (Å²) >= 11 is 0. The molecule has 2 heterocycles. The lowest BCUT2D eigenvalue weighted by Crippen LogP contribution is -2.01. The van der Waals surface area contributed by atoms with Crippen LogP contribution in [0.25, 0.3) is 33.1 Å². The summed E-state index contributed by atoms with van der Waals surface area (Å²) in [6.45, 7) is 3.84. The third-order valence-electron chi connectivity index (χ3n) is 6.68. The Morgan fingerprint density at radius 2 is 1.30 bits per heavy atom. The molecular weight excluding hydrogens is 464 g/mol. The molecule has 0 amide bonds. The second-order valence-corrected chi connectivity index (χ2v) is 9.11. The lowest BCUT2D eigenvalue weighted by atomic mass is 9.96. The summed E-state index contributed by atoms with van der Waals surface area (Å²) in [7, 11) is 0. The minimum absolute atomic E-state index is 0.0722. The number of carbonyl (C=O) groups is 2. The molecule has 6 aromatic rings. The minimum Gasteiger partial charge on any atom is -0.508 e. The summed E-state index contributed by atoms with van der Waals surface area (Å²) < 4.78 is 12.4. The van der Waals surface area contributed by atoms with Crippen molar-refractivity contribution in [2.24, 2.45) is 0 Å². The maximum absolute atomic E-state index is 13.6. The molecule has 0 aliphatic carbocycles. The van der Waals surface area contributed by atoms with Crippen molar-refractivity contribution in [3.8, 4) is 16.9 Å². The van der Waals surface area contributed by atoms with Gasteiger partial charge in [0.05, 0.1) is 5.39 Å². The quantitative estimate of drug-likeness (QED) is 0.253. The fourth-order valence-electron chi connectivity index (χ4n) is 4.70. The highest BCUT2D eigenvalue weighted by molar-refractivity contribution is 6.21. The van der Waals surface area contributed by atoms with Crippen molar-refractivity contribution in [3.05, 3.63) is 125 Å². The largest absolute Gasteiger partial charge is 0.508 e. The van der Waals surface area contributed by atoms with Crippen LogP contribution in [0.15, 0.2) is 99.8 Å². The average Bonchev–Trinajstić information content (AvgIpc) is 3.47. The molecule has 6 rings (SSSR count). The van der Waals surface area contributed by atoms with Crippen LogP contribution in [0, 0.1) is 13.8 Å². The summed E-state index contributed by atoms with van der Waals surface area (Å²) in [5.41, 5.74) is 5.09. The smallest absolute Gasteiger partial charge is 0.228 e. The Balaban J connectivity index is 1.61. The molecule has 180 valence electrons. The van der Waals surface area contributed by atoms with Crippen LogP contribution in [0.1, 0.15) is 43.4 Å². The Kier molecular flexibility index (Phi) is 5.27. The maximum Gasteiger partial charge on any atom is 0.228 e. The molecule has 1 N–H and O–H groups in total. The van der Waals surface area contributed by atoms with Crippen molar-refractivity contribution in [3.63, 3.8) is 0 Å². The van der Waals surface area contributed by atoms with Crippen molar-refractivity contribution >= 4 is 33.5 Å². The molecule has 0 aliphatic heterocycles. The van der Waals surface area contributed by atoms with Gasteiger partial charge in [-0.3, -0.25) is 9.59 Å². The molecule has 0 spiro atoms. The van der Waals surface area contributed by atoms with E-state index in [0.29, 0.717) is 33.2 Å². The van der Waals surface area contributed by atoms with Crippen molar-refractivity contribution in [1.82, 2.24) is 0 Å². The zero-order valence-electron chi connectivity index (χ0n) is 20.2. The molecule has 5 nitrogen and oxygen atoms in total. The molecule has 0 bridgehead atoms. The Labute approximate surface area is 212 Å². The Hall–Kier alpha value is -4.90. The molecule has 2 aromatic heterocycles. The summed E-state index contributed by atoms with van der Waals surface area (Å²) in [5, 5.41) is 11.1. The van der Waals surface area contributed by atoms with Crippen LogP contribution >= 0.6 is 0 Å². The Morgan fingerprint density at radius 3 is 1.97 bits per heavy atom. The minimum atomic E-state index is -0.317. The number of phenols is 1. The second kappa shape index (κ2) is 8.64. The van der Waals surface area contributed by atoms with E-state index in [-0.39, 0.29) is 28.8 Å². The lowest BCUT2D eigenvalue weighted by Gasteiger charge is -2.04. The van der Waals surface area contributed by atoms with E-state index in [0.717, 1.165) is 22.1 Å². The number of fused-ring (bicyclic) bond motifs is 3. The standard InChI is InChI=1S/C32H22O5/c1-18-8-10-21(11-9-18)28(34)30-19(2)24-16-17-25-27(31(24)37-30)26(20-6-4-3-5-7-20)32(36-25)29(35)22-12-14-23(33)15-13-22/h3-17,33H,1-2H3. The molecule has 37 heavy (non-hydrogen) atoms. The average molecular weight is 487 g/mol. The number of hydrogen-bond acceptors (Lipinski definition) is 5. The van der Waals surface area contributed by atoms with Crippen LogP contribution in [0.4, 0.5) is 0 Å². The summed E-state index contributed by atoms with van der Waals surface area (Å²) in [6, 6.07) is 26.6. The highest BCUT2D eigenvalue weighted by Gasteiger charge is 2.28. The Morgan fingerprint density at radius 1 is 0.676 bits per heavy atom. The van der Waals surface area contributed by atoms with Crippen LogP contribution in [-0.4, -0.2) is 16.7 Å². The first kappa shape index (κ1) is 22.6. The van der Waals surface area contributed by atoms with Gasteiger partial charge in [-0.25, -0.2) is 0 Å². The van der Waals surface area contributed by atoms with Gasteiger partial charge in [-0.1, -0.05) is 60.2 Å². The normalized spacial score (nSPS) is 11.3. The number of phenolic OH excluding ortho intramolecular Hbond substituents is 1. The van der Waals surface area contributed by atoms with Gasteiger partial charge in [-0.05, 0) is 55.8 Å². The molecule has 0 aliphatic rings. The van der Waals surface area contributed by atoms with Crippen LogP contribution < -0.4 is 0 Å². The summed E-state index contributed by atoms with van der Waals surface area (Å²) in [6.07, 6.45) is 0. The van der Waals surface area contributed by atoms with Crippen molar-refractivity contribution in [2.45, 2.75) is 13.8 Å². The summed E-state index contributed by atoms with van der Waals surface area (Å²) in [5.74, 6) is -0.0183. The first-order valence-electron chi connectivity index (χ1n) is 11.9. The molecule has 0 saturated heterocycles. The monoisotopic (exact) mass is 486 g/mol. The fourth-order valence-corrected chi connectivity index (χ4v) is 4.70. The van der Waals surface area contributed by atoms with Gasteiger partial charge in [0.25, 0.3) is 0 Å².